The van der Waals surface area contributed by atoms with Gasteiger partial charge < -0.3 is 4.74 Å². The summed E-state index contributed by atoms with van der Waals surface area (Å²) in [6.45, 7) is 0.409. The fraction of sp³-hybridized carbons (Fsp3) is 0.750. The Bertz CT molecular complexity index is 362. The number of rotatable bonds is 3. The average Bonchev–Trinajstić information content (AvgIpc) is 2.85. The van der Waals surface area contributed by atoms with Gasteiger partial charge in [-0.1, -0.05) is 0 Å². The second-order valence-electron chi connectivity index (χ2n) is 3.36. The first-order valence-electron chi connectivity index (χ1n) is 4.37. The van der Waals surface area contributed by atoms with Crippen molar-refractivity contribution in [1.29, 1.82) is 0 Å². The lowest BCUT2D eigenvalue weighted by molar-refractivity contribution is 0.173. The van der Waals surface area contributed by atoms with Crippen LogP contribution in [0.15, 0.2) is 4.79 Å². The SMILES string of the molecule is COCc1nn(C)c(=O)n1C1CC1. The minimum atomic E-state index is -0.0328. The normalized spacial score (nSPS) is 16.5. The van der Waals surface area contributed by atoms with Crippen LogP contribution in [0, 0.1) is 0 Å². The highest BCUT2D eigenvalue weighted by Crippen LogP contribution is 2.34. The zero-order valence-electron chi connectivity index (χ0n) is 7.86. The van der Waals surface area contributed by atoms with Crippen LogP contribution >= 0.6 is 0 Å². The first-order chi connectivity index (χ1) is 6.24. The van der Waals surface area contributed by atoms with Crippen LogP contribution < -0.4 is 5.69 Å². The van der Waals surface area contributed by atoms with Crippen molar-refractivity contribution in [1.82, 2.24) is 14.3 Å². The Morgan fingerprint density at radius 3 is 2.85 bits per heavy atom. The lowest BCUT2D eigenvalue weighted by Crippen LogP contribution is -2.22. The van der Waals surface area contributed by atoms with Gasteiger partial charge in [0.2, 0.25) is 0 Å². The third kappa shape index (κ3) is 1.39. The van der Waals surface area contributed by atoms with Gasteiger partial charge in [-0.15, -0.1) is 0 Å². The fourth-order valence-electron chi connectivity index (χ4n) is 1.46. The second kappa shape index (κ2) is 2.99. The van der Waals surface area contributed by atoms with E-state index in [-0.39, 0.29) is 5.69 Å². The third-order valence-electron chi connectivity index (χ3n) is 2.21. The average molecular weight is 183 g/mol. The lowest BCUT2D eigenvalue weighted by atomic mass is 10.6. The number of aryl methyl sites for hydroxylation is 1. The molecule has 2 rings (SSSR count). The zero-order valence-corrected chi connectivity index (χ0v) is 7.86. The predicted molar refractivity (Wildman–Crippen MR) is 46.5 cm³/mol. The number of methoxy groups -OCH3 is 1. The van der Waals surface area contributed by atoms with Crippen molar-refractivity contribution in [2.75, 3.05) is 7.11 Å². The largest absolute Gasteiger partial charge is 0.377 e. The zero-order chi connectivity index (χ0) is 9.42. The Hall–Kier alpha value is -1.10. The van der Waals surface area contributed by atoms with E-state index in [9.17, 15) is 4.79 Å². The molecule has 1 heterocycles. The van der Waals surface area contributed by atoms with E-state index in [1.165, 1.54) is 4.68 Å². The van der Waals surface area contributed by atoms with Crippen molar-refractivity contribution >= 4 is 0 Å². The first kappa shape index (κ1) is 8.50. The predicted octanol–water partition coefficient (Wildman–Crippen LogP) is 0.0631. The van der Waals surface area contributed by atoms with Crippen LogP contribution in [-0.4, -0.2) is 21.5 Å². The minimum Gasteiger partial charge on any atom is -0.377 e. The summed E-state index contributed by atoms with van der Waals surface area (Å²) >= 11 is 0. The molecule has 1 aromatic heterocycles. The third-order valence-corrected chi connectivity index (χ3v) is 2.21. The smallest absolute Gasteiger partial charge is 0.345 e. The van der Waals surface area contributed by atoms with Gasteiger partial charge in [0, 0.05) is 20.2 Å². The number of ether oxygens (including phenoxy) is 1. The molecule has 0 saturated heterocycles. The Labute approximate surface area is 75.9 Å². The van der Waals surface area contributed by atoms with E-state index in [4.69, 9.17) is 4.74 Å². The standard InChI is InChI=1S/C8H13N3O2/c1-10-8(12)11(6-3-4-6)7(9-10)5-13-2/h6H,3-5H2,1-2H3. The van der Waals surface area contributed by atoms with Crippen molar-refractivity contribution in [3.05, 3.63) is 16.3 Å². The molecular weight excluding hydrogens is 170 g/mol. The Kier molecular flexibility index (Phi) is 1.95. The van der Waals surface area contributed by atoms with Crippen LogP contribution in [0.2, 0.25) is 0 Å². The molecule has 1 aliphatic rings. The highest BCUT2D eigenvalue weighted by atomic mass is 16.5. The van der Waals surface area contributed by atoms with E-state index >= 15 is 0 Å². The summed E-state index contributed by atoms with van der Waals surface area (Å²) in [5, 5.41) is 4.10. The molecule has 0 radical (unpaired) electrons. The molecule has 1 aromatic rings. The minimum absolute atomic E-state index is 0.0328. The highest BCUT2D eigenvalue weighted by Gasteiger charge is 2.28. The maximum absolute atomic E-state index is 11.6. The monoisotopic (exact) mass is 183 g/mol. The highest BCUT2D eigenvalue weighted by molar-refractivity contribution is 4.94. The van der Waals surface area contributed by atoms with Gasteiger partial charge >= 0.3 is 5.69 Å². The van der Waals surface area contributed by atoms with Crippen molar-refractivity contribution < 1.29 is 4.74 Å². The van der Waals surface area contributed by atoms with Gasteiger partial charge in [0.1, 0.15) is 6.61 Å². The Balaban J connectivity index is 2.42. The molecule has 72 valence electrons. The topological polar surface area (TPSA) is 49.1 Å². The van der Waals surface area contributed by atoms with Crippen LogP contribution in [0.1, 0.15) is 24.7 Å². The Morgan fingerprint density at radius 2 is 2.31 bits per heavy atom. The van der Waals surface area contributed by atoms with Gasteiger partial charge in [-0.25, -0.2) is 9.48 Å². The van der Waals surface area contributed by atoms with Gasteiger partial charge in [-0.05, 0) is 12.8 Å². The number of nitrogens with zero attached hydrogens (tertiary/aromatic N) is 3. The van der Waals surface area contributed by atoms with Gasteiger partial charge in [-0.3, -0.25) is 4.57 Å². The van der Waals surface area contributed by atoms with Crippen LogP contribution in [-0.2, 0) is 18.4 Å². The lowest BCUT2D eigenvalue weighted by Gasteiger charge is -2.00. The van der Waals surface area contributed by atoms with Gasteiger partial charge in [0.15, 0.2) is 5.82 Å². The van der Waals surface area contributed by atoms with Crippen LogP contribution in [0.4, 0.5) is 0 Å². The molecule has 0 aromatic carbocycles. The quantitative estimate of drug-likeness (QED) is 0.666. The van der Waals surface area contributed by atoms with Gasteiger partial charge in [0.05, 0.1) is 0 Å². The fourth-order valence-corrected chi connectivity index (χ4v) is 1.46. The number of hydrogen-bond donors (Lipinski definition) is 0. The van der Waals surface area contributed by atoms with Gasteiger partial charge in [0.25, 0.3) is 0 Å². The van der Waals surface area contributed by atoms with Crippen molar-refractivity contribution in [3.8, 4) is 0 Å². The summed E-state index contributed by atoms with van der Waals surface area (Å²) in [6, 6.07) is 0.367. The molecule has 5 nitrogen and oxygen atoms in total. The number of hydrogen-bond acceptors (Lipinski definition) is 3. The van der Waals surface area contributed by atoms with E-state index in [1.807, 2.05) is 0 Å². The summed E-state index contributed by atoms with van der Waals surface area (Å²) in [5.41, 5.74) is -0.0328. The van der Waals surface area contributed by atoms with Crippen molar-refractivity contribution in [2.45, 2.75) is 25.5 Å². The van der Waals surface area contributed by atoms with E-state index in [0.29, 0.717) is 12.6 Å². The molecular formula is C8H13N3O2. The van der Waals surface area contributed by atoms with E-state index in [2.05, 4.69) is 5.10 Å². The maximum Gasteiger partial charge on any atom is 0.345 e. The Morgan fingerprint density at radius 1 is 1.62 bits per heavy atom. The molecule has 0 unspecified atom stereocenters. The summed E-state index contributed by atoms with van der Waals surface area (Å²) in [7, 11) is 3.27. The molecule has 0 spiro atoms. The second-order valence-corrected chi connectivity index (χ2v) is 3.36. The van der Waals surface area contributed by atoms with Crippen LogP contribution in [0.25, 0.3) is 0 Å². The first-order valence-corrected chi connectivity index (χ1v) is 4.37. The summed E-state index contributed by atoms with van der Waals surface area (Å²) in [4.78, 5) is 11.6. The van der Waals surface area contributed by atoms with Gasteiger partial charge in [-0.2, -0.15) is 5.10 Å². The van der Waals surface area contributed by atoms with Crippen molar-refractivity contribution in [2.24, 2.45) is 7.05 Å². The van der Waals surface area contributed by atoms with Crippen LogP contribution in [0.3, 0.4) is 0 Å². The molecule has 0 atom stereocenters. The summed E-state index contributed by atoms with van der Waals surface area (Å²) in [5.74, 6) is 0.734. The van der Waals surface area contributed by atoms with E-state index in [1.54, 1.807) is 18.7 Å². The maximum atomic E-state index is 11.6. The van der Waals surface area contributed by atoms with E-state index in [0.717, 1.165) is 18.7 Å². The molecule has 5 heteroatoms. The molecule has 13 heavy (non-hydrogen) atoms. The summed E-state index contributed by atoms with van der Waals surface area (Å²) in [6.07, 6.45) is 2.17. The molecule has 1 fully saturated rings. The molecule has 0 bridgehead atoms. The molecule has 0 aliphatic heterocycles. The van der Waals surface area contributed by atoms with Crippen LogP contribution in [0.5, 0.6) is 0 Å². The molecule has 0 amide bonds. The number of aromatic nitrogens is 3. The van der Waals surface area contributed by atoms with E-state index < -0.39 is 0 Å². The summed E-state index contributed by atoms with van der Waals surface area (Å²) < 4.78 is 8.09. The molecule has 1 saturated carbocycles. The van der Waals surface area contributed by atoms with Crippen molar-refractivity contribution in [3.63, 3.8) is 0 Å². The molecule has 1 aliphatic carbocycles. The molecule has 0 N–H and O–H groups in total.